The molecule has 0 spiro atoms. The van der Waals surface area contributed by atoms with Crippen LogP contribution in [0.3, 0.4) is 0 Å². The van der Waals surface area contributed by atoms with Crippen molar-refractivity contribution in [1.29, 1.82) is 0 Å². The summed E-state index contributed by atoms with van der Waals surface area (Å²) in [5, 5.41) is 0. The van der Waals surface area contributed by atoms with Crippen LogP contribution in [-0.4, -0.2) is 0 Å². The molecule has 5 heavy (non-hydrogen) atoms. The molecule has 0 saturated carbocycles. The van der Waals surface area contributed by atoms with Crippen molar-refractivity contribution in [3.63, 3.8) is 0 Å². The average Bonchev–Trinajstić information content (AvgIpc) is 1.37. The van der Waals surface area contributed by atoms with Crippen LogP contribution in [0.4, 0.5) is 0 Å². The van der Waals surface area contributed by atoms with Crippen molar-refractivity contribution in [2.45, 2.75) is 19.8 Å². The van der Waals surface area contributed by atoms with Gasteiger partial charge in [0.15, 0.2) is 0 Å². The third-order valence-electron chi connectivity index (χ3n) is 0.354. The standard InChI is InChI=1S/C4H9.Li.H2/c1-3-4-2;;/h1,3-4H2,2H3;;1H/q-1;+1;. The SMILES string of the molecule is [CH2-]CCC.[HH].[Li+]. The van der Waals surface area contributed by atoms with Gasteiger partial charge in [0.25, 0.3) is 0 Å². The van der Waals surface area contributed by atoms with E-state index < -0.39 is 0 Å². The Morgan fingerprint density at radius 1 is 1.80 bits per heavy atom. The summed E-state index contributed by atoms with van der Waals surface area (Å²) in [4.78, 5) is 0. The summed E-state index contributed by atoms with van der Waals surface area (Å²) in [6.45, 7) is 5.72. The summed E-state index contributed by atoms with van der Waals surface area (Å²) in [6, 6.07) is 0. The first-order valence-corrected chi connectivity index (χ1v) is 1.71. The van der Waals surface area contributed by atoms with E-state index in [1.807, 2.05) is 0 Å². The van der Waals surface area contributed by atoms with Gasteiger partial charge in [-0.2, -0.15) is 6.42 Å². The van der Waals surface area contributed by atoms with E-state index in [0.29, 0.717) is 0 Å². The van der Waals surface area contributed by atoms with Crippen molar-refractivity contribution >= 4 is 0 Å². The summed E-state index contributed by atoms with van der Waals surface area (Å²) >= 11 is 0. The van der Waals surface area contributed by atoms with Crippen LogP contribution in [0.25, 0.3) is 0 Å². The van der Waals surface area contributed by atoms with Gasteiger partial charge in [-0.25, -0.2) is 0 Å². The summed E-state index contributed by atoms with van der Waals surface area (Å²) < 4.78 is 0. The van der Waals surface area contributed by atoms with Gasteiger partial charge in [-0.05, 0) is 0 Å². The molecule has 0 rings (SSSR count). The van der Waals surface area contributed by atoms with E-state index in [4.69, 9.17) is 0 Å². The second kappa shape index (κ2) is 8.82. The molecule has 0 amide bonds. The third kappa shape index (κ3) is 12.2. The number of rotatable bonds is 1. The van der Waals surface area contributed by atoms with Crippen LogP contribution in [0.5, 0.6) is 0 Å². The molecule has 0 fully saturated rings. The van der Waals surface area contributed by atoms with Crippen LogP contribution in [0.2, 0.25) is 0 Å². The maximum atomic E-state index is 3.60. The van der Waals surface area contributed by atoms with Gasteiger partial charge in [0.1, 0.15) is 0 Å². The summed E-state index contributed by atoms with van der Waals surface area (Å²) in [5.74, 6) is 0. The molecule has 0 aliphatic heterocycles. The smallest absolute Gasteiger partial charge is 0.343 e. The molecule has 0 nitrogen and oxygen atoms in total. The predicted molar refractivity (Wildman–Crippen MR) is 22.4 cm³/mol. The van der Waals surface area contributed by atoms with Gasteiger partial charge in [-0.3, -0.25) is 0 Å². The minimum Gasteiger partial charge on any atom is -0.343 e. The molecular weight excluding hydrogens is 55.0 g/mol. The molecule has 1 heteroatoms. The van der Waals surface area contributed by atoms with Gasteiger partial charge < -0.3 is 6.92 Å². The third-order valence-corrected chi connectivity index (χ3v) is 0.354. The topological polar surface area (TPSA) is 0 Å². The van der Waals surface area contributed by atoms with Gasteiger partial charge in [0, 0.05) is 1.43 Å². The Balaban J connectivity index is -0.0000000450. The quantitative estimate of drug-likeness (QED) is 0.268. The molecule has 0 heterocycles. The largest absolute Gasteiger partial charge is 1.00 e. The molecule has 0 aromatic rings. The van der Waals surface area contributed by atoms with Gasteiger partial charge in [0.2, 0.25) is 0 Å². The minimum atomic E-state index is 0. The van der Waals surface area contributed by atoms with E-state index in [0.717, 1.165) is 6.42 Å². The molecule has 0 saturated heterocycles. The van der Waals surface area contributed by atoms with Crippen LogP contribution < -0.4 is 18.9 Å². The Morgan fingerprint density at radius 2 is 2.00 bits per heavy atom. The van der Waals surface area contributed by atoms with Crippen LogP contribution in [0, 0.1) is 6.92 Å². The zero-order valence-electron chi connectivity index (χ0n) is 4.12. The Hall–Kier alpha value is 0.597. The number of hydrogen-bond donors (Lipinski definition) is 0. The van der Waals surface area contributed by atoms with Crippen LogP contribution in [0.1, 0.15) is 21.2 Å². The Kier molecular flexibility index (Phi) is 16.1. The summed E-state index contributed by atoms with van der Waals surface area (Å²) in [7, 11) is 0. The summed E-state index contributed by atoms with van der Waals surface area (Å²) in [5.41, 5.74) is 0. The van der Waals surface area contributed by atoms with Gasteiger partial charge in [-0.1, -0.05) is 13.3 Å². The Bertz CT molecular complexity index is 9.51. The monoisotopic (exact) mass is 66.1 g/mol. The molecule has 0 unspecified atom stereocenters. The minimum absolute atomic E-state index is 0. The first kappa shape index (κ1) is 9.14. The van der Waals surface area contributed by atoms with Crippen molar-refractivity contribution in [1.82, 2.24) is 0 Å². The molecule has 0 atom stereocenters. The van der Waals surface area contributed by atoms with Gasteiger partial charge in [0.05, 0.1) is 0 Å². The Morgan fingerprint density at radius 3 is 2.00 bits per heavy atom. The zero-order chi connectivity index (χ0) is 3.41. The van der Waals surface area contributed by atoms with Crippen LogP contribution in [0.15, 0.2) is 0 Å². The fourth-order valence-corrected chi connectivity index (χ4v) is 0. The van der Waals surface area contributed by atoms with Crippen molar-refractivity contribution < 1.29 is 20.3 Å². The summed E-state index contributed by atoms with van der Waals surface area (Å²) in [6.07, 6.45) is 2.28. The van der Waals surface area contributed by atoms with Crippen LogP contribution in [-0.2, 0) is 0 Å². The molecule has 0 radical (unpaired) electrons. The fraction of sp³-hybridized carbons (Fsp3) is 0.750. The normalized spacial score (nSPS) is 6.00. The van der Waals surface area contributed by atoms with Crippen molar-refractivity contribution in [3.05, 3.63) is 6.92 Å². The first-order valence-electron chi connectivity index (χ1n) is 1.71. The molecular formula is C4H11Li. The zero-order valence-corrected chi connectivity index (χ0v) is 4.12. The molecule has 0 aromatic heterocycles. The molecule has 0 aliphatic rings. The maximum absolute atomic E-state index is 3.60. The van der Waals surface area contributed by atoms with E-state index in [2.05, 4.69) is 13.8 Å². The molecule has 0 aromatic carbocycles. The van der Waals surface area contributed by atoms with Crippen molar-refractivity contribution in [2.24, 2.45) is 0 Å². The number of hydrogen-bond acceptors (Lipinski definition) is 0. The number of unbranched alkanes of at least 4 members (excludes halogenated alkanes) is 1. The van der Waals surface area contributed by atoms with E-state index in [-0.39, 0.29) is 20.3 Å². The van der Waals surface area contributed by atoms with E-state index in [9.17, 15) is 0 Å². The second-order valence-corrected chi connectivity index (χ2v) is 0.854. The van der Waals surface area contributed by atoms with E-state index >= 15 is 0 Å². The fourth-order valence-electron chi connectivity index (χ4n) is 0. The van der Waals surface area contributed by atoms with E-state index in [1.165, 1.54) is 6.42 Å². The molecule has 0 bridgehead atoms. The van der Waals surface area contributed by atoms with E-state index in [1.54, 1.807) is 0 Å². The van der Waals surface area contributed by atoms with Crippen molar-refractivity contribution in [3.8, 4) is 0 Å². The van der Waals surface area contributed by atoms with Crippen LogP contribution >= 0.6 is 0 Å². The molecule has 0 aliphatic carbocycles. The first-order chi connectivity index (χ1) is 1.91. The van der Waals surface area contributed by atoms with Gasteiger partial charge in [-0.15, -0.1) is 0 Å². The maximum Gasteiger partial charge on any atom is 1.00 e. The predicted octanol–water partition coefficient (Wildman–Crippen LogP) is -1.13. The average molecular weight is 66.1 g/mol. The molecule has 0 N–H and O–H groups in total. The second-order valence-electron chi connectivity index (χ2n) is 0.854. The Labute approximate surface area is 47.6 Å². The molecule has 28 valence electrons. The van der Waals surface area contributed by atoms with Crippen molar-refractivity contribution in [2.75, 3.05) is 0 Å². The van der Waals surface area contributed by atoms with Gasteiger partial charge >= 0.3 is 18.9 Å².